The lowest BCUT2D eigenvalue weighted by molar-refractivity contribution is -0.111. The molecule has 0 saturated heterocycles. The number of hydrogen-bond donors (Lipinski definition) is 1. The fourth-order valence-electron chi connectivity index (χ4n) is 1.15. The zero-order chi connectivity index (χ0) is 9.97. The van der Waals surface area contributed by atoms with Gasteiger partial charge in [0.15, 0.2) is 0 Å². The van der Waals surface area contributed by atoms with E-state index in [1.165, 1.54) is 18.9 Å². The maximum atomic E-state index is 10.9. The van der Waals surface area contributed by atoms with Crippen LogP contribution in [0.3, 0.4) is 0 Å². The highest BCUT2D eigenvalue weighted by atomic mass is 16.1. The van der Waals surface area contributed by atoms with Crippen molar-refractivity contribution in [2.45, 2.75) is 18.8 Å². The first-order valence-electron chi connectivity index (χ1n) is 4.55. The fraction of sp³-hybridized carbons (Fsp3) is 0.300. The number of carbonyl (C=O) groups is 1. The lowest BCUT2D eigenvalue weighted by Gasteiger charge is -2.01. The van der Waals surface area contributed by atoms with Crippen molar-refractivity contribution in [3.05, 3.63) is 30.9 Å². The van der Waals surface area contributed by atoms with Crippen molar-refractivity contribution in [1.29, 1.82) is 0 Å². The largest absolute Gasteiger partial charge is 0.320 e. The normalized spacial score (nSPS) is 14.9. The molecule has 1 aliphatic carbocycles. The molecule has 0 radical (unpaired) electrons. The van der Waals surface area contributed by atoms with Gasteiger partial charge in [0.1, 0.15) is 5.82 Å². The highest BCUT2D eigenvalue weighted by molar-refractivity contribution is 5.98. The van der Waals surface area contributed by atoms with Gasteiger partial charge in [-0.2, -0.15) is 0 Å². The van der Waals surface area contributed by atoms with Crippen molar-refractivity contribution >= 4 is 11.6 Å². The molecule has 1 heterocycles. The summed E-state index contributed by atoms with van der Waals surface area (Å²) in [6.07, 6.45) is 6.83. The zero-order valence-corrected chi connectivity index (χ0v) is 7.73. The summed E-state index contributed by atoms with van der Waals surface area (Å²) in [5.74, 6) is 1.17. The van der Waals surface area contributed by atoms with Gasteiger partial charge >= 0.3 is 0 Å². The molecule has 0 atom stereocenters. The highest BCUT2D eigenvalue weighted by Gasteiger charge is 2.26. The average molecular weight is 189 g/mol. The molecule has 1 aromatic rings. The van der Waals surface area contributed by atoms with Crippen molar-refractivity contribution in [3.8, 4) is 0 Å². The monoisotopic (exact) mass is 189 g/mol. The predicted octanol–water partition coefficient (Wildman–Crippen LogP) is 1.48. The van der Waals surface area contributed by atoms with Gasteiger partial charge in [0, 0.05) is 5.92 Å². The van der Waals surface area contributed by atoms with E-state index in [0.29, 0.717) is 11.6 Å². The maximum absolute atomic E-state index is 10.9. The van der Waals surface area contributed by atoms with Crippen LogP contribution in [0.4, 0.5) is 5.69 Å². The second-order valence-electron chi connectivity index (χ2n) is 3.30. The van der Waals surface area contributed by atoms with Gasteiger partial charge in [0.05, 0.1) is 18.1 Å². The van der Waals surface area contributed by atoms with Gasteiger partial charge in [-0.25, -0.2) is 9.97 Å². The second-order valence-corrected chi connectivity index (χ2v) is 3.30. The number of aromatic nitrogens is 2. The Morgan fingerprint density at radius 1 is 1.50 bits per heavy atom. The molecule has 4 nitrogen and oxygen atoms in total. The average Bonchev–Trinajstić information content (AvgIpc) is 3.02. The van der Waals surface area contributed by atoms with Crippen LogP contribution >= 0.6 is 0 Å². The minimum absolute atomic E-state index is 0.243. The molecule has 2 rings (SSSR count). The lowest BCUT2D eigenvalue weighted by atomic mass is 10.4. The van der Waals surface area contributed by atoms with Crippen LogP contribution in [0.15, 0.2) is 25.0 Å². The molecule has 0 spiro atoms. The van der Waals surface area contributed by atoms with E-state index in [1.54, 1.807) is 12.4 Å². The minimum atomic E-state index is -0.243. The van der Waals surface area contributed by atoms with E-state index in [4.69, 9.17) is 0 Å². The lowest BCUT2D eigenvalue weighted by Crippen LogP contribution is -2.08. The van der Waals surface area contributed by atoms with Crippen molar-refractivity contribution in [1.82, 2.24) is 9.97 Å². The Morgan fingerprint density at radius 2 is 2.14 bits per heavy atom. The Kier molecular flexibility index (Phi) is 2.26. The van der Waals surface area contributed by atoms with E-state index in [2.05, 4.69) is 21.9 Å². The van der Waals surface area contributed by atoms with E-state index in [0.717, 1.165) is 5.82 Å². The Bertz CT molecular complexity index is 354. The maximum Gasteiger partial charge on any atom is 0.247 e. The number of carbonyl (C=O) groups excluding carboxylic acids is 1. The highest BCUT2D eigenvalue weighted by Crippen LogP contribution is 2.37. The van der Waals surface area contributed by atoms with Crippen LogP contribution in [0.25, 0.3) is 0 Å². The zero-order valence-electron chi connectivity index (χ0n) is 7.73. The number of nitrogens with one attached hydrogen (secondary N) is 1. The Morgan fingerprint density at radius 3 is 2.64 bits per heavy atom. The molecule has 1 aliphatic rings. The first-order chi connectivity index (χ1) is 6.79. The first-order valence-corrected chi connectivity index (χ1v) is 4.55. The third-order valence-corrected chi connectivity index (χ3v) is 2.07. The van der Waals surface area contributed by atoms with E-state index in [-0.39, 0.29) is 5.91 Å². The van der Waals surface area contributed by atoms with Crippen LogP contribution in [-0.4, -0.2) is 15.9 Å². The molecule has 1 amide bonds. The molecule has 0 aliphatic heterocycles. The van der Waals surface area contributed by atoms with Crippen LogP contribution in [-0.2, 0) is 4.79 Å². The van der Waals surface area contributed by atoms with Gasteiger partial charge in [-0.05, 0) is 18.9 Å². The Labute approximate surface area is 82.1 Å². The third-order valence-electron chi connectivity index (χ3n) is 2.07. The molecule has 1 aromatic heterocycles. The molecule has 4 heteroatoms. The minimum Gasteiger partial charge on any atom is -0.320 e. The summed E-state index contributed by atoms with van der Waals surface area (Å²) in [5.41, 5.74) is 0.610. The summed E-state index contributed by atoms with van der Waals surface area (Å²) in [6.45, 7) is 3.36. The third kappa shape index (κ3) is 1.96. The summed E-state index contributed by atoms with van der Waals surface area (Å²) in [6, 6.07) is 0. The van der Waals surface area contributed by atoms with Crippen molar-refractivity contribution in [2.75, 3.05) is 5.32 Å². The second kappa shape index (κ2) is 3.57. The number of amides is 1. The molecule has 0 unspecified atom stereocenters. The van der Waals surface area contributed by atoms with E-state index >= 15 is 0 Å². The van der Waals surface area contributed by atoms with Crippen molar-refractivity contribution < 1.29 is 4.79 Å². The van der Waals surface area contributed by atoms with Gasteiger partial charge in [-0.1, -0.05) is 6.58 Å². The molecule has 1 N–H and O–H groups in total. The molecule has 0 bridgehead atoms. The summed E-state index contributed by atoms with van der Waals surface area (Å²) < 4.78 is 0. The number of hydrogen-bond acceptors (Lipinski definition) is 3. The van der Waals surface area contributed by atoms with Gasteiger partial charge in [-0.15, -0.1) is 0 Å². The smallest absolute Gasteiger partial charge is 0.247 e. The molecule has 14 heavy (non-hydrogen) atoms. The molecule has 0 aromatic carbocycles. The van der Waals surface area contributed by atoms with Gasteiger partial charge < -0.3 is 5.32 Å². The van der Waals surface area contributed by atoms with E-state index in [1.807, 2.05) is 0 Å². The van der Waals surface area contributed by atoms with Crippen LogP contribution in [0.1, 0.15) is 24.6 Å². The number of nitrogens with zero attached hydrogens (tertiary/aromatic N) is 2. The van der Waals surface area contributed by atoms with Gasteiger partial charge in [0.25, 0.3) is 0 Å². The van der Waals surface area contributed by atoms with Gasteiger partial charge in [-0.3, -0.25) is 4.79 Å². The van der Waals surface area contributed by atoms with E-state index in [9.17, 15) is 4.79 Å². The van der Waals surface area contributed by atoms with Crippen molar-refractivity contribution in [2.24, 2.45) is 0 Å². The van der Waals surface area contributed by atoms with Crippen LogP contribution < -0.4 is 5.32 Å². The topological polar surface area (TPSA) is 54.9 Å². The van der Waals surface area contributed by atoms with Crippen LogP contribution in [0, 0.1) is 0 Å². The van der Waals surface area contributed by atoms with Crippen LogP contribution in [0.5, 0.6) is 0 Å². The van der Waals surface area contributed by atoms with Gasteiger partial charge in [0.2, 0.25) is 5.91 Å². The van der Waals surface area contributed by atoms with Crippen LogP contribution in [0.2, 0.25) is 0 Å². The Hall–Kier alpha value is -1.71. The molecule has 1 fully saturated rings. The Balaban J connectivity index is 2.05. The summed E-state index contributed by atoms with van der Waals surface area (Å²) in [4.78, 5) is 19.3. The number of anilines is 1. The SMILES string of the molecule is C=CC(=O)Nc1cnc(C2CC2)nc1. The molecule has 1 saturated carbocycles. The first kappa shape index (κ1) is 8.87. The van der Waals surface area contributed by atoms with E-state index < -0.39 is 0 Å². The standard InChI is InChI=1S/C10H11N3O/c1-2-9(14)13-8-5-11-10(12-6-8)7-3-4-7/h2,5-7H,1,3-4H2,(H,13,14). The predicted molar refractivity (Wildman–Crippen MR) is 52.8 cm³/mol. The van der Waals surface area contributed by atoms with Crippen molar-refractivity contribution in [3.63, 3.8) is 0 Å². The molecule has 72 valence electrons. The molecular formula is C10H11N3O. The quantitative estimate of drug-likeness (QED) is 0.733. The number of rotatable bonds is 3. The summed E-state index contributed by atoms with van der Waals surface area (Å²) in [5, 5.41) is 2.60. The fourth-order valence-corrected chi connectivity index (χ4v) is 1.15. The molecular weight excluding hydrogens is 178 g/mol. The summed E-state index contributed by atoms with van der Waals surface area (Å²) >= 11 is 0. The summed E-state index contributed by atoms with van der Waals surface area (Å²) in [7, 11) is 0.